The molecule has 0 saturated heterocycles. The molecule has 3 aromatic carbocycles. The molecule has 0 aliphatic carbocycles. The van der Waals surface area contributed by atoms with E-state index in [1.54, 1.807) is 0 Å². The number of carbonyl (C=O) groups is 1. The summed E-state index contributed by atoms with van der Waals surface area (Å²) in [5, 5.41) is 3.00. The van der Waals surface area contributed by atoms with Crippen LogP contribution in [0.3, 0.4) is 0 Å². The standard InChI is InChI=1S/C23H19F2N3O2/c24-23(25)30-17-12-10-16(11-13-17)22(29)28-20(14-15-6-2-1-3-7-15)21-26-18-8-4-5-9-19(18)27-21/h1-13,20,23H,14H2,(H,26,27)(H,28,29). The molecule has 1 aromatic heterocycles. The number of carbonyl (C=O) groups excluding carboxylic acids is 1. The molecule has 0 bridgehead atoms. The number of hydrogen-bond acceptors (Lipinski definition) is 3. The van der Waals surface area contributed by atoms with E-state index in [1.165, 1.54) is 24.3 Å². The minimum absolute atomic E-state index is 0.000306. The number of nitrogens with one attached hydrogen (secondary N) is 2. The lowest BCUT2D eigenvalue weighted by molar-refractivity contribution is -0.0498. The minimum atomic E-state index is -2.91. The molecule has 7 heteroatoms. The molecule has 0 saturated carbocycles. The highest BCUT2D eigenvalue weighted by Crippen LogP contribution is 2.21. The second-order valence-electron chi connectivity index (χ2n) is 6.76. The average molecular weight is 407 g/mol. The van der Waals surface area contributed by atoms with E-state index in [1.807, 2.05) is 54.6 Å². The number of hydrogen-bond donors (Lipinski definition) is 2. The normalized spacial score (nSPS) is 12.1. The second-order valence-corrected chi connectivity index (χ2v) is 6.76. The van der Waals surface area contributed by atoms with Gasteiger partial charge in [0.25, 0.3) is 5.91 Å². The van der Waals surface area contributed by atoms with E-state index in [-0.39, 0.29) is 11.7 Å². The SMILES string of the molecule is O=C(NC(Cc1ccccc1)c1nc2ccccc2[nH]1)c1ccc(OC(F)F)cc1. The van der Waals surface area contributed by atoms with Crippen LogP contribution in [-0.4, -0.2) is 22.5 Å². The van der Waals surface area contributed by atoms with Crippen molar-refractivity contribution in [3.63, 3.8) is 0 Å². The highest BCUT2D eigenvalue weighted by atomic mass is 19.3. The van der Waals surface area contributed by atoms with Crippen LogP contribution in [0.5, 0.6) is 5.75 Å². The van der Waals surface area contributed by atoms with Crippen LogP contribution in [0.1, 0.15) is 27.8 Å². The summed E-state index contributed by atoms with van der Waals surface area (Å²) < 4.78 is 29.0. The van der Waals surface area contributed by atoms with Gasteiger partial charge >= 0.3 is 6.61 Å². The van der Waals surface area contributed by atoms with Gasteiger partial charge in [0.05, 0.1) is 17.1 Å². The van der Waals surface area contributed by atoms with Crippen LogP contribution in [0.15, 0.2) is 78.9 Å². The largest absolute Gasteiger partial charge is 0.435 e. The summed E-state index contributed by atoms with van der Waals surface area (Å²) in [7, 11) is 0. The number of rotatable bonds is 7. The van der Waals surface area contributed by atoms with Gasteiger partial charge in [0.15, 0.2) is 0 Å². The summed E-state index contributed by atoms with van der Waals surface area (Å²) >= 11 is 0. The van der Waals surface area contributed by atoms with Crippen molar-refractivity contribution in [3.05, 3.63) is 95.8 Å². The fraction of sp³-hybridized carbons (Fsp3) is 0.130. The Balaban J connectivity index is 1.58. The van der Waals surface area contributed by atoms with E-state index < -0.39 is 12.7 Å². The van der Waals surface area contributed by atoms with E-state index in [9.17, 15) is 13.6 Å². The Bertz CT molecular complexity index is 1100. The van der Waals surface area contributed by atoms with Crippen LogP contribution >= 0.6 is 0 Å². The topological polar surface area (TPSA) is 67.0 Å². The van der Waals surface area contributed by atoms with Crippen molar-refractivity contribution in [1.29, 1.82) is 0 Å². The maximum Gasteiger partial charge on any atom is 0.387 e. The van der Waals surface area contributed by atoms with Crippen molar-refractivity contribution in [3.8, 4) is 5.75 Å². The molecule has 4 rings (SSSR count). The highest BCUT2D eigenvalue weighted by Gasteiger charge is 2.20. The monoisotopic (exact) mass is 407 g/mol. The number of fused-ring (bicyclic) bond motifs is 1. The molecule has 0 spiro atoms. The van der Waals surface area contributed by atoms with Gasteiger partial charge in [0.2, 0.25) is 0 Å². The van der Waals surface area contributed by atoms with Crippen molar-refractivity contribution in [2.75, 3.05) is 0 Å². The van der Waals surface area contributed by atoms with Crippen LogP contribution in [0.2, 0.25) is 0 Å². The molecule has 0 aliphatic heterocycles. The van der Waals surface area contributed by atoms with E-state index in [4.69, 9.17) is 0 Å². The maximum absolute atomic E-state index is 12.8. The number of para-hydroxylation sites is 2. The van der Waals surface area contributed by atoms with Gasteiger partial charge in [-0.25, -0.2) is 4.98 Å². The van der Waals surface area contributed by atoms with Gasteiger partial charge in [0, 0.05) is 5.56 Å². The number of H-pyrrole nitrogens is 1. The molecule has 0 radical (unpaired) electrons. The van der Waals surface area contributed by atoms with Crippen LogP contribution in [0.25, 0.3) is 11.0 Å². The molecule has 1 atom stereocenters. The fourth-order valence-corrected chi connectivity index (χ4v) is 3.23. The van der Waals surface area contributed by atoms with Gasteiger partial charge in [-0.1, -0.05) is 42.5 Å². The summed E-state index contributed by atoms with van der Waals surface area (Å²) in [4.78, 5) is 20.7. The Labute approximate surface area is 171 Å². The lowest BCUT2D eigenvalue weighted by atomic mass is 10.0. The summed E-state index contributed by atoms with van der Waals surface area (Å²) in [5.74, 6) is 0.311. The summed E-state index contributed by atoms with van der Waals surface area (Å²) in [6, 6.07) is 22.6. The van der Waals surface area contributed by atoms with E-state index >= 15 is 0 Å². The van der Waals surface area contributed by atoms with Crippen LogP contribution < -0.4 is 10.1 Å². The molecule has 30 heavy (non-hydrogen) atoms. The van der Waals surface area contributed by atoms with Crippen LogP contribution in [0.4, 0.5) is 8.78 Å². The van der Waals surface area contributed by atoms with Crippen molar-refractivity contribution < 1.29 is 18.3 Å². The van der Waals surface area contributed by atoms with Crippen molar-refractivity contribution >= 4 is 16.9 Å². The number of halogens is 2. The number of alkyl halides is 2. The summed E-state index contributed by atoms with van der Waals surface area (Å²) in [5.41, 5.74) is 3.08. The Morgan fingerprint density at radius 2 is 1.67 bits per heavy atom. The molecule has 0 aliphatic rings. The predicted molar refractivity (Wildman–Crippen MR) is 110 cm³/mol. The number of ether oxygens (including phenoxy) is 1. The van der Waals surface area contributed by atoms with Crippen LogP contribution in [-0.2, 0) is 6.42 Å². The third-order valence-corrected chi connectivity index (χ3v) is 4.67. The first-order valence-corrected chi connectivity index (χ1v) is 9.43. The zero-order chi connectivity index (χ0) is 20.9. The minimum Gasteiger partial charge on any atom is -0.435 e. The van der Waals surface area contributed by atoms with Gasteiger partial charge in [0.1, 0.15) is 11.6 Å². The second kappa shape index (κ2) is 8.73. The summed E-state index contributed by atoms with van der Waals surface area (Å²) in [6.07, 6.45) is 0.541. The lowest BCUT2D eigenvalue weighted by Crippen LogP contribution is -2.30. The van der Waals surface area contributed by atoms with E-state index in [0.717, 1.165) is 16.6 Å². The zero-order valence-corrected chi connectivity index (χ0v) is 15.9. The number of aromatic amines is 1. The van der Waals surface area contributed by atoms with Gasteiger partial charge < -0.3 is 15.0 Å². The van der Waals surface area contributed by atoms with Gasteiger partial charge in [-0.3, -0.25) is 4.79 Å². The third-order valence-electron chi connectivity index (χ3n) is 4.67. The molecule has 1 unspecified atom stereocenters. The maximum atomic E-state index is 12.8. The Kier molecular flexibility index (Phi) is 5.70. The van der Waals surface area contributed by atoms with E-state index in [0.29, 0.717) is 17.8 Å². The number of benzene rings is 3. The van der Waals surface area contributed by atoms with Crippen molar-refractivity contribution in [2.45, 2.75) is 19.1 Å². The lowest BCUT2D eigenvalue weighted by Gasteiger charge is -2.17. The molecule has 152 valence electrons. The average Bonchev–Trinajstić information content (AvgIpc) is 3.18. The Morgan fingerprint density at radius 1 is 0.967 bits per heavy atom. The predicted octanol–water partition coefficient (Wildman–Crippen LogP) is 4.88. The molecule has 2 N–H and O–H groups in total. The van der Waals surface area contributed by atoms with Crippen molar-refractivity contribution in [2.24, 2.45) is 0 Å². The molecule has 1 amide bonds. The smallest absolute Gasteiger partial charge is 0.387 e. The van der Waals surface area contributed by atoms with E-state index in [2.05, 4.69) is 20.0 Å². The number of imidazole rings is 1. The number of amides is 1. The molecule has 1 heterocycles. The zero-order valence-electron chi connectivity index (χ0n) is 15.9. The Morgan fingerprint density at radius 3 is 2.37 bits per heavy atom. The molecular weight excluding hydrogens is 388 g/mol. The quantitative estimate of drug-likeness (QED) is 0.459. The van der Waals surface area contributed by atoms with Gasteiger partial charge in [-0.15, -0.1) is 0 Å². The van der Waals surface area contributed by atoms with Gasteiger partial charge in [-0.2, -0.15) is 8.78 Å². The Hall–Kier alpha value is -3.74. The molecule has 4 aromatic rings. The number of aromatic nitrogens is 2. The van der Waals surface area contributed by atoms with Gasteiger partial charge in [-0.05, 0) is 48.4 Å². The first-order chi connectivity index (χ1) is 14.6. The molecule has 5 nitrogen and oxygen atoms in total. The molecule has 0 fully saturated rings. The highest BCUT2D eigenvalue weighted by molar-refractivity contribution is 5.94. The third kappa shape index (κ3) is 4.63. The fourth-order valence-electron chi connectivity index (χ4n) is 3.23. The summed E-state index contributed by atoms with van der Waals surface area (Å²) in [6.45, 7) is -2.91. The first-order valence-electron chi connectivity index (χ1n) is 9.43. The number of nitrogens with zero attached hydrogens (tertiary/aromatic N) is 1. The van der Waals surface area contributed by atoms with Crippen LogP contribution in [0, 0.1) is 0 Å². The van der Waals surface area contributed by atoms with Crippen molar-refractivity contribution in [1.82, 2.24) is 15.3 Å². The first kappa shape index (κ1) is 19.6. The molecular formula is C23H19F2N3O2.